The topological polar surface area (TPSA) is 68.6 Å². The number of halogens is 1. The predicted octanol–water partition coefficient (Wildman–Crippen LogP) is 5.86. The molecule has 7 nitrogen and oxygen atoms in total. The summed E-state index contributed by atoms with van der Waals surface area (Å²) in [6, 6.07) is 15.4. The lowest BCUT2D eigenvalue weighted by Gasteiger charge is -2.30. The van der Waals surface area contributed by atoms with Gasteiger partial charge < -0.3 is 19.7 Å². The lowest BCUT2D eigenvalue weighted by atomic mass is 10.1. The molecule has 36 heavy (non-hydrogen) atoms. The molecule has 0 saturated carbocycles. The SMILES string of the molecule is CCc1nn(-c2ccc(F)cc2)c(Oc2ccccc2)c1CN(CC1CCCO1)C(=O)NC(C)(C)C. The van der Waals surface area contributed by atoms with Gasteiger partial charge in [-0.1, -0.05) is 25.1 Å². The Kier molecular flexibility index (Phi) is 7.94. The summed E-state index contributed by atoms with van der Waals surface area (Å²) < 4.78 is 27.6. The summed E-state index contributed by atoms with van der Waals surface area (Å²) in [5.74, 6) is 0.828. The van der Waals surface area contributed by atoms with E-state index in [1.165, 1.54) is 12.1 Å². The lowest BCUT2D eigenvalue weighted by molar-refractivity contribution is 0.0779. The van der Waals surface area contributed by atoms with E-state index in [0.717, 1.165) is 24.1 Å². The van der Waals surface area contributed by atoms with Gasteiger partial charge in [-0.2, -0.15) is 5.10 Å². The van der Waals surface area contributed by atoms with Crippen LogP contribution in [0.1, 0.15) is 51.8 Å². The molecule has 1 atom stereocenters. The van der Waals surface area contributed by atoms with Gasteiger partial charge in [-0.05, 0) is 76.4 Å². The number of aromatic nitrogens is 2. The maximum atomic E-state index is 13.7. The molecule has 1 unspecified atom stereocenters. The molecule has 1 aliphatic rings. The first kappa shape index (κ1) is 25.7. The van der Waals surface area contributed by atoms with Crippen molar-refractivity contribution in [2.45, 2.75) is 65.1 Å². The Morgan fingerprint density at radius 1 is 1.19 bits per heavy atom. The smallest absolute Gasteiger partial charge is 0.318 e. The molecule has 1 aliphatic heterocycles. The Bertz CT molecular complexity index is 1150. The molecular weight excluding hydrogens is 459 g/mol. The number of aryl methyl sites for hydroxylation is 1. The van der Waals surface area contributed by atoms with Crippen LogP contribution in [-0.4, -0.2) is 45.5 Å². The largest absolute Gasteiger partial charge is 0.439 e. The number of carbonyl (C=O) groups excluding carboxylic acids is 1. The molecule has 1 aromatic heterocycles. The van der Waals surface area contributed by atoms with Crippen molar-refractivity contribution in [1.29, 1.82) is 0 Å². The molecule has 0 bridgehead atoms. The predicted molar refractivity (Wildman–Crippen MR) is 137 cm³/mol. The summed E-state index contributed by atoms with van der Waals surface area (Å²) in [7, 11) is 0. The molecular formula is C28H35FN4O3. The standard InChI is InChI=1S/C28H35FN4O3/c1-5-25-24(19-32(18-23-12-9-17-35-23)27(34)30-28(2,3)4)26(36-22-10-7-6-8-11-22)33(31-25)21-15-13-20(29)14-16-21/h6-8,10-11,13-16,23H,5,9,12,17-19H2,1-4H3,(H,30,34). The van der Waals surface area contributed by atoms with E-state index >= 15 is 0 Å². The van der Waals surface area contributed by atoms with Crippen LogP contribution in [0.5, 0.6) is 11.6 Å². The van der Waals surface area contributed by atoms with E-state index in [1.807, 2.05) is 58.0 Å². The van der Waals surface area contributed by atoms with Crippen molar-refractivity contribution in [3.8, 4) is 17.3 Å². The molecule has 2 aromatic carbocycles. The van der Waals surface area contributed by atoms with Gasteiger partial charge in [-0.25, -0.2) is 13.9 Å². The number of para-hydroxylation sites is 1. The van der Waals surface area contributed by atoms with Crippen LogP contribution in [0.4, 0.5) is 9.18 Å². The highest BCUT2D eigenvalue weighted by Crippen LogP contribution is 2.32. The second-order valence-corrected chi connectivity index (χ2v) is 10.1. The average Bonchev–Trinajstić information content (AvgIpc) is 3.47. The average molecular weight is 495 g/mol. The van der Waals surface area contributed by atoms with Crippen molar-refractivity contribution in [2.75, 3.05) is 13.2 Å². The van der Waals surface area contributed by atoms with Gasteiger partial charge in [-0.15, -0.1) is 0 Å². The fourth-order valence-corrected chi connectivity index (χ4v) is 4.23. The minimum atomic E-state index is -0.388. The normalized spacial score (nSPS) is 15.6. The quantitative estimate of drug-likeness (QED) is 0.426. The van der Waals surface area contributed by atoms with Crippen LogP contribution in [-0.2, 0) is 17.7 Å². The van der Waals surface area contributed by atoms with Crippen LogP contribution in [0.25, 0.3) is 5.69 Å². The van der Waals surface area contributed by atoms with Gasteiger partial charge in [0.1, 0.15) is 11.6 Å². The fourth-order valence-electron chi connectivity index (χ4n) is 4.23. The molecule has 3 aromatic rings. The molecule has 1 saturated heterocycles. The lowest BCUT2D eigenvalue weighted by Crippen LogP contribution is -2.50. The van der Waals surface area contributed by atoms with E-state index in [-0.39, 0.29) is 23.5 Å². The molecule has 1 fully saturated rings. The molecule has 4 rings (SSSR count). The van der Waals surface area contributed by atoms with Gasteiger partial charge in [0.15, 0.2) is 0 Å². The number of nitrogens with zero attached hydrogens (tertiary/aromatic N) is 3. The number of nitrogens with one attached hydrogen (secondary N) is 1. The van der Waals surface area contributed by atoms with E-state index in [4.69, 9.17) is 14.6 Å². The number of carbonyl (C=O) groups is 1. The maximum Gasteiger partial charge on any atom is 0.318 e. The zero-order valence-corrected chi connectivity index (χ0v) is 21.5. The number of rotatable bonds is 8. The Morgan fingerprint density at radius 2 is 1.92 bits per heavy atom. The molecule has 8 heteroatoms. The third-order valence-electron chi connectivity index (χ3n) is 5.95. The Labute approximate surface area is 212 Å². The Balaban J connectivity index is 1.75. The third kappa shape index (κ3) is 6.43. The second kappa shape index (κ2) is 11.1. The molecule has 2 heterocycles. The number of urea groups is 1. The van der Waals surface area contributed by atoms with Gasteiger partial charge in [0.2, 0.25) is 5.88 Å². The number of benzene rings is 2. The number of amides is 2. The summed E-state index contributed by atoms with van der Waals surface area (Å²) in [4.78, 5) is 15.2. The Hall–Kier alpha value is -3.39. The molecule has 0 aliphatic carbocycles. The number of ether oxygens (including phenoxy) is 2. The van der Waals surface area contributed by atoms with Crippen molar-refractivity contribution < 1.29 is 18.7 Å². The Morgan fingerprint density at radius 3 is 2.53 bits per heavy atom. The zero-order valence-electron chi connectivity index (χ0n) is 21.5. The summed E-state index contributed by atoms with van der Waals surface area (Å²) in [6.45, 7) is 9.39. The van der Waals surface area contributed by atoms with Gasteiger partial charge >= 0.3 is 6.03 Å². The van der Waals surface area contributed by atoms with E-state index < -0.39 is 0 Å². The van der Waals surface area contributed by atoms with Crippen LogP contribution < -0.4 is 10.1 Å². The number of hydrogen-bond donors (Lipinski definition) is 1. The van der Waals surface area contributed by atoms with Crippen molar-refractivity contribution in [1.82, 2.24) is 20.0 Å². The molecule has 0 radical (unpaired) electrons. The van der Waals surface area contributed by atoms with E-state index in [9.17, 15) is 9.18 Å². The van der Waals surface area contributed by atoms with E-state index in [0.29, 0.717) is 43.4 Å². The second-order valence-electron chi connectivity index (χ2n) is 10.1. The van der Waals surface area contributed by atoms with Gasteiger partial charge in [-0.3, -0.25) is 0 Å². The van der Waals surface area contributed by atoms with Gasteiger partial charge in [0, 0.05) is 18.7 Å². The first-order chi connectivity index (χ1) is 17.2. The molecule has 2 amide bonds. The van der Waals surface area contributed by atoms with Crippen molar-refractivity contribution in [3.63, 3.8) is 0 Å². The minimum Gasteiger partial charge on any atom is -0.439 e. The minimum absolute atomic E-state index is 0.00794. The summed E-state index contributed by atoms with van der Waals surface area (Å²) >= 11 is 0. The summed E-state index contributed by atoms with van der Waals surface area (Å²) in [6.07, 6.45) is 2.54. The summed E-state index contributed by atoms with van der Waals surface area (Å²) in [5.41, 5.74) is 1.91. The van der Waals surface area contributed by atoms with Crippen molar-refractivity contribution >= 4 is 6.03 Å². The van der Waals surface area contributed by atoms with Crippen LogP contribution in [0, 0.1) is 5.82 Å². The van der Waals surface area contributed by atoms with Gasteiger partial charge in [0.05, 0.1) is 29.6 Å². The highest BCUT2D eigenvalue weighted by molar-refractivity contribution is 5.75. The van der Waals surface area contributed by atoms with Crippen molar-refractivity contribution in [3.05, 3.63) is 71.7 Å². The fraction of sp³-hybridized carbons (Fsp3) is 0.429. The monoisotopic (exact) mass is 494 g/mol. The zero-order chi connectivity index (χ0) is 25.7. The first-order valence-corrected chi connectivity index (χ1v) is 12.5. The third-order valence-corrected chi connectivity index (χ3v) is 5.95. The van der Waals surface area contributed by atoms with Crippen LogP contribution in [0.3, 0.4) is 0 Å². The molecule has 192 valence electrons. The number of hydrogen-bond acceptors (Lipinski definition) is 4. The van der Waals surface area contributed by atoms with Crippen LogP contribution in [0.2, 0.25) is 0 Å². The van der Waals surface area contributed by atoms with Crippen molar-refractivity contribution in [2.24, 2.45) is 0 Å². The maximum absolute atomic E-state index is 13.7. The van der Waals surface area contributed by atoms with Gasteiger partial charge in [0.25, 0.3) is 0 Å². The highest BCUT2D eigenvalue weighted by Gasteiger charge is 2.29. The van der Waals surface area contributed by atoms with E-state index in [1.54, 1.807) is 21.7 Å². The molecule has 0 spiro atoms. The van der Waals surface area contributed by atoms with Crippen LogP contribution >= 0.6 is 0 Å². The van der Waals surface area contributed by atoms with E-state index in [2.05, 4.69) is 5.32 Å². The first-order valence-electron chi connectivity index (χ1n) is 12.5. The molecule has 1 N–H and O–H groups in total. The highest BCUT2D eigenvalue weighted by atomic mass is 19.1. The summed E-state index contributed by atoms with van der Waals surface area (Å²) in [5, 5.41) is 7.91. The van der Waals surface area contributed by atoms with Crippen LogP contribution in [0.15, 0.2) is 54.6 Å².